The summed E-state index contributed by atoms with van der Waals surface area (Å²) in [7, 11) is 2.05. The van der Waals surface area contributed by atoms with Crippen molar-refractivity contribution < 1.29 is 10.0 Å². The molecule has 2 heterocycles. The number of pyridine rings is 1. The highest BCUT2D eigenvalue weighted by Gasteiger charge is 2.17. The van der Waals surface area contributed by atoms with E-state index in [2.05, 4.69) is 20.5 Å². The van der Waals surface area contributed by atoms with Gasteiger partial charge in [0.05, 0.1) is 0 Å². The Bertz CT molecular complexity index is 493. The van der Waals surface area contributed by atoms with Gasteiger partial charge in [-0.05, 0) is 19.2 Å². The summed E-state index contributed by atoms with van der Waals surface area (Å²) in [6, 6.07) is 3.12. The summed E-state index contributed by atoms with van der Waals surface area (Å²) in [6.45, 7) is 3.39. The number of oxime groups is 1. The Labute approximate surface area is 116 Å². The summed E-state index contributed by atoms with van der Waals surface area (Å²) >= 11 is 0. The van der Waals surface area contributed by atoms with Gasteiger partial charge < -0.3 is 15.8 Å². The van der Waals surface area contributed by atoms with Crippen molar-refractivity contribution in [3.8, 4) is 0 Å². The first kappa shape index (κ1) is 14.2. The number of likely N-dealkylation sites (N-methyl/N-ethyl adjacent to an activating group) is 1. The molecule has 1 fully saturated rings. The molecule has 20 heavy (non-hydrogen) atoms. The number of amidine groups is 1. The third-order valence-electron chi connectivity index (χ3n) is 3.16. The Kier molecular flexibility index (Phi) is 4.49. The van der Waals surface area contributed by atoms with Crippen LogP contribution in [0.4, 0.5) is 0 Å². The van der Waals surface area contributed by atoms with Gasteiger partial charge in [-0.3, -0.25) is 15.2 Å². The van der Waals surface area contributed by atoms with E-state index in [4.69, 9.17) is 10.9 Å². The minimum absolute atomic E-state index is 0.0384. The SMILES string of the molecule is CN1CCN(NC(=O)c2ccc(/C(N)=N/O)cn2)CC1. The van der Waals surface area contributed by atoms with Crippen molar-refractivity contribution in [2.45, 2.75) is 0 Å². The van der Waals surface area contributed by atoms with E-state index in [1.807, 2.05) is 12.1 Å². The maximum atomic E-state index is 12.0. The molecule has 1 aromatic heterocycles. The fourth-order valence-electron chi connectivity index (χ4n) is 1.86. The average molecular weight is 278 g/mol. The minimum Gasteiger partial charge on any atom is -0.409 e. The number of amides is 1. The molecular formula is C12H18N6O2. The maximum absolute atomic E-state index is 12.0. The molecule has 0 aromatic carbocycles. The zero-order valence-corrected chi connectivity index (χ0v) is 11.3. The van der Waals surface area contributed by atoms with E-state index in [1.54, 1.807) is 12.1 Å². The lowest BCUT2D eigenvalue weighted by atomic mass is 10.2. The Morgan fingerprint density at radius 2 is 2.10 bits per heavy atom. The van der Waals surface area contributed by atoms with Crippen molar-refractivity contribution in [1.29, 1.82) is 0 Å². The van der Waals surface area contributed by atoms with Crippen LogP contribution in [0.2, 0.25) is 0 Å². The van der Waals surface area contributed by atoms with Crippen LogP contribution < -0.4 is 11.2 Å². The lowest BCUT2D eigenvalue weighted by molar-refractivity contribution is 0.0658. The molecule has 2 rings (SSSR count). The van der Waals surface area contributed by atoms with Crippen LogP contribution in [-0.2, 0) is 0 Å². The van der Waals surface area contributed by atoms with E-state index < -0.39 is 0 Å². The molecule has 1 aliphatic heterocycles. The number of nitrogens with zero attached hydrogens (tertiary/aromatic N) is 4. The van der Waals surface area contributed by atoms with Gasteiger partial charge >= 0.3 is 0 Å². The highest BCUT2D eigenvalue weighted by Crippen LogP contribution is 2.02. The van der Waals surface area contributed by atoms with Crippen LogP contribution in [0.15, 0.2) is 23.5 Å². The average Bonchev–Trinajstić information content (AvgIpc) is 2.49. The highest BCUT2D eigenvalue weighted by molar-refractivity contribution is 5.98. The fraction of sp³-hybridized carbons (Fsp3) is 0.417. The summed E-state index contributed by atoms with van der Waals surface area (Å²) in [5.74, 6) is -0.302. The lowest BCUT2D eigenvalue weighted by Gasteiger charge is -2.32. The van der Waals surface area contributed by atoms with Crippen LogP contribution in [0.3, 0.4) is 0 Å². The van der Waals surface area contributed by atoms with E-state index in [-0.39, 0.29) is 11.7 Å². The fourth-order valence-corrected chi connectivity index (χ4v) is 1.86. The number of nitrogens with one attached hydrogen (secondary N) is 1. The van der Waals surface area contributed by atoms with Crippen LogP contribution in [0.25, 0.3) is 0 Å². The van der Waals surface area contributed by atoms with Crippen molar-refractivity contribution in [3.63, 3.8) is 0 Å². The van der Waals surface area contributed by atoms with Crippen LogP contribution >= 0.6 is 0 Å². The van der Waals surface area contributed by atoms with Crippen LogP contribution in [0.1, 0.15) is 16.1 Å². The maximum Gasteiger partial charge on any atom is 0.284 e. The smallest absolute Gasteiger partial charge is 0.284 e. The van der Waals surface area contributed by atoms with Crippen molar-refractivity contribution in [2.75, 3.05) is 33.2 Å². The third-order valence-corrected chi connectivity index (χ3v) is 3.16. The van der Waals surface area contributed by atoms with E-state index in [0.29, 0.717) is 11.3 Å². The normalized spacial score (nSPS) is 17.9. The highest BCUT2D eigenvalue weighted by atomic mass is 16.4. The molecule has 8 heteroatoms. The quantitative estimate of drug-likeness (QED) is 0.285. The molecule has 108 valence electrons. The molecule has 1 amide bonds. The summed E-state index contributed by atoms with van der Waals surface area (Å²) in [5.41, 5.74) is 8.99. The number of hydrogen-bond donors (Lipinski definition) is 3. The van der Waals surface area contributed by atoms with Gasteiger partial charge in [0, 0.05) is 37.9 Å². The molecule has 0 radical (unpaired) electrons. The standard InChI is InChI=1S/C12H18N6O2/c1-17-4-6-18(7-5-17)15-12(19)10-3-2-9(8-14-10)11(13)16-20/h2-3,8,20H,4-7H2,1H3,(H2,13,16)(H,15,19). The van der Waals surface area contributed by atoms with Gasteiger partial charge in [0.2, 0.25) is 0 Å². The zero-order chi connectivity index (χ0) is 14.5. The van der Waals surface area contributed by atoms with E-state index >= 15 is 0 Å². The first-order valence-electron chi connectivity index (χ1n) is 6.28. The summed E-state index contributed by atoms with van der Waals surface area (Å²) < 4.78 is 0. The largest absolute Gasteiger partial charge is 0.409 e. The number of rotatable bonds is 3. The molecule has 0 spiro atoms. The predicted octanol–water partition coefficient (Wildman–Crippen LogP) is -0.932. The van der Waals surface area contributed by atoms with Gasteiger partial charge in [-0.25, -0.2) is 5.01 Å². The van der Waals surface area contributed by atoms with E-state index in [9.17, 15) is 4.79 Å². The van der Waals surface area contributed by atoms with Gasteiger partial charge in [0.15, 0.2) is 5.84 Å². The van der Waals surface area contributed by atoms with Crippen molar-refractivity contribution in [3.05, 3.63) is 29.6 Å². The number of carbonyl (C=O) groups is 1. The monoisotopic (exact) mass is 278 g/mol. The summed E-state index contributed by atoms with van der Waals surface area (Å²) in [4.78, 5) is 18.2. The molecule has 4 N–H and O–H groups in total. The third kappa shape index (κ3) is 3.43. The topological polar surface area (TPSA) is 107 Å². The molecule has 0 bridgehead atoms. The predicted molar refractivity (Wildman–Crippen MR) is 73.3 cm³/mol. The van der Waals surface area contributed by atoms with E-state index in [1.165, 1.54) is 6.20 Å². The minimum atomic E-state index is -0.263. The van der Waals surface area contributed by atoms with Gasteiger partial charge in [0.25, 0.3) is 5.91 Å². The van der Waals surface area contributed by atoms with Gasteiger partial charge in [0.1, 0.15) is 5.69 Å². The Morgan fingerprint density at radius 3 is 2.65 bits per heavy atom. The molecule has 0 unspecified atom stereocenters. The number of aromatic nitrogens is 1. The number of hydrogen-bond acceptors (Lipinski definition) is 6. The van der Waals surface area contributed by atoms with E-state index in [0.717, 1.165) is 26.2 Å². The van der Waals surface area contributed by atoms with Crippen LogP contribution in [-0.4, -0.2) is 65.1 Å². The molecule has 0 aliphatic carbocycles. The second kappa shape index (κ2) is 6.31. The first-order chi connectivity index (χ1) is 9.60. The van der Waals surface area contributed by atoms with Gasteiger partial charge in [-0.2, -0.15) is 0 Å². The Hall–Kier alpha value is -2.19. The number of nitrogens with two attached hydrogens (primary N) is 1. The number of piperazine rings is 1. The molecular weight excluding hydrogens is 260 g/mol. The molecule has 1 saturated heterocycles. The zero-order valence-electron chi connectivity index (χ0n) is 11.3. The van der Waals surface area contributed by atoms with Crippen molar-refractivity contribution in [2.24, 2.45) is 10.9 Å². The summed E-state index contributed by atoms with van der Waals surface area (Å²) in [5, 5.41) is 13.3. The molecule has 0 atom stereocenters. The lowest BCUT2D eigenvalue weighted by Crippen LogP contribution is -2.52. The second-order valence-electron chi connectivity index (χ2n) is 4.65. The summed E-state index contributed by atoms with van der Waals surface area (Å²) in [6.07, 6.45) is 1.40. The molecule has 0 saturated carbocycles. The molecule has 1 aliphatic rings. The molecule has 1 aromatic rings. The first-order valence-corrected chi connectivity index (χ1v) is 6.28. The number of carbonyl (C=O) groups excluding carboxylic acids is 1. The van der Waals surface area contributed by atoms with Crippen molar-refractivity contribution >= 4 is 11.7 Å². The number of hydrazine groups is 1. The van der Waals surface area contributed by atoms with Crippen LogP contribution in [0.5, 0.6) is 0 Å². The Balaban J connectivity index is 1.95. The van der Waals surface area contributed by atoms with Crippen molar-refractivity contribution in [1.82, 2.24) is 20.3 Å². The van der Waals surface area contributed by atoms with Gasteiger partial charge in [-0.1, -0.05) is 5.16 Å². The molecule has 8 nitrogen and oxygen atoms in total. The second-order valence-corrected chi connectivity index (χ2v) is 4.65. The van der Waals surface area contributed by atoms with Crippen LogP contribution in [0, 0.1) is 0 Å². The Morgan fingerprint density at radius 1 is 1.40 bits per heavy atom. The van der Waals surface area contributed by atoms with Gasteiger partial charge in [-0.15, -0.1) is 0 Å².